The number of carbonyl (C=O) groups is 3. The Morgan fingerprint density at radius 3 is 2.21 bits per heavy atom. The summed E-state index contributed by atoms with van der Waals surface area (Å²) in [5.74, 6) is -2.36. The van der Waals surface area contributed by atoms with Gasteiger partial charge in [-0.1, -0.05) is 12.1 Å². The van der Waals surface area contributed by atoms with E-state index < -0.39 is 11.9 Å². The average Bonchev–Trinajstić information content (AvgIpc) is 3.19. The number of benzene rings is 2. The van der Waals surface area contributed by atoms with Crippen molar-refractivity contribution in [3.63, 3.8) is 0 Å². The van der Waals surface area contributed by atoms with E-state index in [2.05, 4.69) is 10.6 Å². The van der Waals surface area contributed by atoms with Gasteiger partial charge in [-0.15, -0.1) is 0 Å². The van der Waals surface area contributed by atoms with E-state index in [1.165, 1.54) is 24.3 Å². The molecule has 2 amide bonds. The lowest BCUT2D eigenvalue weighted by Gasteiger charge is -2.11. The number of hydrogen-bond acceptors (Lipinski definition) is 3. The van der Waals surface area contributed by atoms with Crippen LogP contribution in [0.4, 0.5) is 10.1 Å². The third-order valence-electron chi connectivity index (χ3n) is 4.94. The van der Waals surface area contributed by atoms with Gasteiger partial charge in [0.2, 0.25) is 5.91 Å². The summed E-state index contributed by atoms with van der Waals surface area (Å²) in [6, 6.07) is 12.3. The SMILES string of the molecule is O=C(Nc1ccc(F)cc1)c1ccc(CNC(=O)[C@H]2CC[C@@H](C(=O)O)C2)cc1. The van der Waals surface area contributed by atoms with E-state index in [-0.39, 0.29) is 23.5 Å². The number of carboxylic acids is 1. The summed E-state index contributed by atoms with van der Waals surface area (Å²) in [5.41, 5.74) is 1.78. The molecule has 1 fully saturated rings. The van der Waals surface area contributed by atoms with Crippen molar-refractivity contribution in [2.75, 3.05) is 5.32 Å². The van der Waals surface area contributed by atoms with Crippen molar-refractivity contribution in [3.8, 4) is 0 Å². The Labute approximate surface area is 161 Å². The van der Waals surface area contributed by atoms with Crippen LogP contribution in [-0.4, -0.2) is 22.9 Å². The highest BCUT2D eigenvalue weighted by Crippen LogP contribution is 2.31. The molecule has 0 bridgehead atoms. The Hall–Kier alpha value is -3.22. The fraction of sp³-hybridized carbons (Fsp3) is 0.286. The molecule has 2 aromatic rings. The number of rotatable bonds is 6. The van der Waals surface area contributed by atoms with Crippen molar-refractivity contribution in [2.24, 2.45) is 11.8 Å². The van der Waals surface area contributed by atoms with Gasteiger partial charge in [0.25, 0.3) is 5.91 Å². The second-order valence-electron chi connectivity index (χ2n) is 6.92. The molecule has 0 aromatic heterocycles. The van der Waals surface area contributed by atoms with Gasteiger partial charge in [-0.2, -0.15) is 0 Å². The normalized spacial score (nSPS) is 18.5. The number of carboxylic acid groups (broad SMARTS) is 1. The number of nitrogens with one attached hydrogen (secondary N) is 2. The molecule has 1 aliphatic rings. The maximum atomic E-state index is 12.9. The summed E-state index contributed by atoms with van der Waals surface area (Å²) in [6.07, 6.45) is 1.50. The monoisotopic (exact) mass is 384 g/mol. The largest absolute Gasteiger partial charge is 0.481 e. The predicted molar refractivity (Wildman–Crippen MR) is 101 cm³/mol. The Kier molecular flexibility index (Phi) is 6.03. The van der Waals surface area contributed by atoms with E-state index >= 15 is 0 Å². The minimum absolute atomic E-state index is 0.137. The summed E-state index contributed by atoms with van der Waals surface area (Å²) in [6.45, 7) is 0.312. The third-order valence-corrected chi connectivity index (χ3v) is 4.94. The van der Waals surface area contributed by atoms with Crippen LogP contribution in [0.15, 0.2) is 48.5 Å². The van der Waals surface area contributed by atoms with Gasteiger partial charge in [0.05, 0.1) is 5.92 Å². The second kappa shape index (κ2) is 8.65. The minimum Gasteiger partial charge on any atom is -0.481 e. The molecule has 1 saturated carbocycles. The molecule has 0 radical (unpaired) electrons. The molecule has 2 aromatic carbocycles. The van der Waals surface area contributed by atoms with Crippen LogP contribution in [0.25, 0.3) is 0 Å². The van der Waals surface area contributed by atoms with Gasteiger partial charge in [-0.3, -0.25) is 14.4 Å². The number of hydrogen-bond donors (Lipinski definition) is 3. The topological polar surface area (TPSA) is 95.5 Å². The number of halogens is 1. The smallest absolute Gasteiger partial charge is 0.306 e. The fourth-order valence-electron chi connectivity index (χ4n) is 3.29. The quantitative estimate of drug-likeness (QED) is 0.713. The first-order valence-electron chi connectivity index (χ1n) is 9.09. The van der Waals surface area contributed by atoms with Crippen LogP contribution in [0, 0.1) is 17.7 Å². The molecule has 0 heterocycles. The molecule has 1 aliphatic carbocycles. The summed E-state index contributed by atoms with van der Waals surface area (Å²) in [4.78, 5) is 35.4. The van der Waals surface area contributed by atoms with Crippen LogP contribution in [0.3, 0.4) is 0 Å². The molecule has 28 heavy (non-hydrogen) atoms. The van der Waals surface area contributed by atoms with Gasteiger partial charge >= 0.3 is 5.97 Å². The molecule has 7 heteroatoms. The Morgan fingerprint density at radius 1 is 0.964 bits per heavy atom. The number of anilines is 1. The highest BCUT2D eigenvalue weighted by molar-refractivity contribution is 6.04. The van der Waals surface area contributed by atoms with Crippen LogP contribution in [0.5, 0.6) is 0 Å². The molecule has 3 rings (SSSR count). The van der Waals surface area contributed by atoms with Gasteiger partial charge in [-0.25, -0.2) is 4.39 Å². The maximum Gasteiger partial charge on any atom is 0.306 e. The Bertz CT molecular complexity index is 865. The third kappa shape index (κ3) is 4.94. The van der Waals surface area contributed by atoms with E-state index in [4.69, 9.17) is 5.11 Å². The first kappa shape index (κ1) is 19.5. The van der Waals surface area contributed by atoms with Gasteiger partial charge in [0, 0.05) is 23.7 Å². The van der Waals surface area contributed by atoms with E-state index in [1.807, 2.05) is 0 Å². The first-order chi connectivity index (χ1) is 13.4. The van der Waals surface area contributed by atoms with Gasteiger partial charge < -0.3 is 15.7 Å². The van der Waals surface area contributed by atoms with Crippen molar-refractivity contribution in [3.05, 3.63) is 65.5 Å². The highest BCUT2D eigenvalue weighted by atomic mass is 19.1. The Balaban J connectivity index is 1.50. The predicted octanol–water partition coefficient (Wildman–Crippen LogP) is 3.20. The molecule has 0 unspecified atom stereocenters. The van der Waals surface area contributed by atoms with Crippen LogP contribution < -0.4 is 10.6 Å². The van der Waals surface area contributed by atoms with E-state index in [0.29, 0.717) is 37.1 Å². The van der Waals surface area contributed by atoms with Crippen LogP contribution in [0.1, 0.15) is 35.2 Å². The molecule has 2 atom stereocenters. The molecule has 0 spiro atoms. The van der Waals surface area contributed by atoms with Crippen LogP contribution in [-0.2, 0) is 16.1 Å². The second-order valence-corrected chi connectivity index (χ2v) is 6.92. The lowest BCUT2D eigenvalue weighted by atomic mass is 10.0. The summed E-state index contributed by atoms with van der Waals surface area (Å²) in [7, 11) is 0. The van der Waals surface area contributed by atoms with Crippen molar-refractivity contribution < 1.29 is 23.9 Å². The first-order valence-corrected chi connectivity index (χ1v) is 9.09. The zero-order valence-electron chi connectivity index (χ0n) is 15.2. The standard InChI is InChI=1S/C21H21FN2O4/c22-17-7-9-18(10-8-17)24-20(26)14-3-1-13(2-4-14)12-23-19(25)15-5-6-16(11-15)21(27)28/h1-4,7-10,15-16H,5-6,11-12H2,(H,23,25)(H,24,26)(H,27,28)/t15-,16+/m0/s1. The molecular formula is C21H21FN2O4. The molecular weight excluding hydrogens is 363 g/mol. The molecule has 6 nitrogen and oxygen atoms in total. The van der Waals surface area contributed by atoms with Crippen molar-refractivity contribution in [2.45, 2.75) is 25.8 Å². The summed E-state index contributed by atoms with van der Waals surface area (Å²) in [5, 5.41) is 14.5. The van der Waals surface area contributed by atoms with Crippen LogP contribution >= 0.6 is 0 Å². The van der Waals surface area contributed by atoms with E-state index in [1.54, 1.807) is 24.3 Å². The number of amides is 2. The van der Waals surface area contributed by atoms with Crippen LogP contribution in [0.2, 0.25) is 0 Å². The van der Waals surface area contributed by atoms with Crippen molar-refractivity contribution in [1.29, 1.82) is 0 Å². The zero-order valence-corrected chi connectivity index (χ0v) is 15.2. The zero-order chi connectivity index (χ0) is 20.1. The van der Waals surface area contributed by atoms with Gasteiger partial charge in [-0.05, 0) is 61.2 Å². The molecule has 146 valence electrons. The Morgan fingerprint density at radius 2 is 1.61 bits per heavy atom. The molecule has 0 saturated heterocycles. The van der Waals surface area contributed by atoms with E-state index in [0.717, 1.165) is 5.56 Å². The maximum absolute atomic E-state index is 12.9. The lowest BCUT2D eigenvalue weighted by molar-refractivity contribution is -0.141. The average molecular weight is 384 g/mol. The van der Waals surface area contributed by atoms with Crippen molar-refractivity contribution >= 4 is 23.5 Å². The lowest BCUT2D eigenvalue weighted by Crippen LogP contribution is -2.29. The van der Waals surface area contributed by atoms with Gasteiger partial charge in [0.15, 0.2) is 0 Å². The van der Waals surface area contributed by atoms with Gasteiger partial charge in [0.1, 0.15) is 5.82 Å². The van der Waals surface area contributed by atoms with E-state index in [9.17, 15) is 18.8 Å². The summed E-state index contributed by atoms with van der Waals surface area (Å²) < 4.78 is 12.9. The fourth-order valence-corrected chi connectivity index (χ4v) is 3.29. The highest BCUT2D eigenvalue weighted by Gasteiger charge is 2.33. The minimum atomic E-state index is -0.843. The van der Waals surface area contributed by atoms with Crippen molar-refractivity contribution in [1.82, 2.24) is 5.32 Å². The molecule has 0 aliphatic heterocycles. The summed E-state index contributed by atoms with van der Waals surface area (Å²) >= 11 is 0. The number of carbonyl (C=O) groups excluding carboxylic acids is 2. The molecule has 3 N–H and O–H groups in total. The number of aliphatic carboxylic acids is 1.